The van der Waals surface area contributed by atoms with Crippen LogP contribution in [0, 0.1) is 12.7 Å². The first kappa shape index (κ1) is 17.9. The third-order valence-corrected chi connectivity index (χ3v) is 4.65. The largest absolute Gasteiger partial charge is 0.497 e. The number of piperazine rings is 1. The lowest BCUT2D eigenvalue weighted by molar-refractivity contribution is -0.124. The predicted octanol–water partition coefficient (Wildman–Crippen LogP) is 3.02. The van der Waals surface area contributed by atoms with E-state index in [1.54, 1.807) is 50.4 Å². The number of rotatable bonds is 3. The molecule has 1 fully saturated rings. The Balaban J connectivity index is 1.80. The highest BCUT2D eigenvalue weighted by Crippen LogP contribution is 2.25. The number of aryl methyl sites for hydroxylation is 1. The van der Waals surface area contributed by atoms with Crippen molar-refractivity contribution in [1.29, 1.82) is 0 Å². The Labute approximate surface area is 152 Å². The minimum Gasteiger partial charge on any atom is -0.497 e. The molecule has 5 nitrogen and oxygen atoms in total. The minimum absolute atomic E-state index is 0.224. The molecule has 2 aromatic rings. The van der Waals surface area contributed by atoms with Crippen molar-refractivity contribution in [3.8, 4) is 5.75 Å². The van der Waals surface area contributed by atoms with E-state index in [0.29, 0.717) is 17.9 Å². The van der Waals surface area contributed by atoms with E-state index in [1.807, 2.05) is 6.92 Å². The molecule has 26 heavy (non-hydrogen) atoms. The summed E-state index contributed by atoms with van der Waals surface area (Å²) in [6.45, 7) is 4.11. The second-order valence-corrected chi connectivity index (χ2v) is 6.35. The van der Waals surface area contributed by atoms with Gasteiger partial charge < -0.3 is 14.5 Å². The molecule has 2 aromatic carbocycles. The summed E-state index contributed by atoms with van der Waals surface area (Å²) in [5, 5.41) is 0. The van der Waals surface area contributed by atoms with Crippen LogP contribution in [0.4, 0.5) is 10.1 Å². The number of hydrogen-bond acceptors (Lipinski definition) is 3. The van der Waals surface area contributed by atoms with Gasteiger partial charge in [-0.15, -0.1) is 0 Å². The van der Waals surface area contributed by atoms with Crippen molar-refractivity contribution >= 4 is 17.5 Å². The van der Waals surface area contributed by atoms with Crippen LogP contribution < -0.4 is 9.64 Å². The first-order valence-corrected chi connectivity index (χ1v) is 8.45. The molecule has 0 saturated carbocycles. The van der Waals surface area contributed by atoms with Crippen molar-refractivity contribution in [2.75, 3.05) is 25.1 Å². The molecule has 1 aliphatic heterocycles. The van der Waals surface area contributed by atoms with Gasteiger partial charge in [-0.1, -0.05) is 6.07 Å². The standard InChI is InChI=1S/C20H21FN2O3/c1-13-4-9-17(21)18(12-13)23-11-10-22(14(2)19(23)24)20(25)15-5-7-16(26-3)8-6-15/h4-9,12,14H,10-11H2,1-3H3/t14-/m1/s1. The summed E-state index contributed by atoms with van der Waals surface area (Å²) >= 11 is 0. The Kier molecular flexibility index (Phi) is 4.93. The van der Waals surface area contributed by atoms with E-state index in [9.17, 15) is 14.0 Å². The number of hydrogen-bond donors (Lipinski definition) is 0. The van der Waals surface area contributed by atoms with Crippen LogP contribution in [0.15, 0.2) is 42.5 Å². The van der Waals surface area contributed by atoms with Gasteiger partial charge in [-0.25, -0.2) is 4.39 Å². The molecule has 1 heterocycles. The number of benzene rings is 2. The molecule has 0 aliphatic carbocycles. The summed E-state index contributed by atoms with van der Waals surface area (Å²) in [5.41, 5.74) is 1.62. The van der Waals surface area contributed by atoms with Crippen LogP contribution >= 0.6 is 0 Å². The zero-order valence-corrected chi connectivity index (χ0v) is 15.0. The number of halogens is 1. The Morgan fingerprint density at radius 2 is 1.85 bits per heavy atom. The quantitative estimate of drug-likeness (QED) is 0.849. The SMILES string of the molecule is COc1ccc(C(=O)N2CCN(c3cc(C)ccc3F)C(=O)[C@H]2C)cc1. The van der Waals surface area contributed by atoms with E-state index in [1.165, 1.54) is 15.9 Å². The number of ether oxygens (including phenoxy) is 1. The normalized spacial score (nSPS) is 17.4. The van der Waals surface area contributed by atoms with Gasteiger partial charge in [0.15, 0.2) is 0 Å². The number of carbonyl (C=O) groups excluding carboxylic acids is 2. The van der Waals surface area contributed by atoms with Gasteiger partial charge in [-0.2, -0.15) is 0 Å². The fraction of sp³-hybridized carbons (Fsp3) is 0.300. The van der Waals surface area contributed by atoms with Gasteiger partial charge in [0.1, 0.15) is 17.6 Å². The maximum atomic E-state index is 14.2. The van der Waals surface area contributed by atoms with Crippen LogP contribution in [0.5, 0.6) is 5.75 Å². The first-order chi connectivity index (χ1) is 12.4. The number of methoxy groups -OCH3 is 1. The van der Waals surface area contributed by atoms with Crippen LogP contribution in [-0.4, -0.2) is 43.0 Å². The average molecular weight is 356 g/mol. The summed E-state index contributed by atoms with van der Waals surface area (Å²) in [6, 6.07) is 10.8. The van der Waals surface area contributed by atoms with Crippen molar-refractivity contribution in [1.82, 2.24) is 4.90 Å². The first-order valence-electron chi connectivity index (χ1n) is 8.45. The topological polar surface area (TPSA) is 49.9 Å². The maximum Gasteiger partial charge on any atom is 0.254 e. The van der Waals surface area contributed by atoms with Crippen LogP contribution in [0.1, 0.15) is 22.8 Å². The third kappa shape index (κ3) is 3.27. The molecule has 0 bridgehead atoms. The zero-order chi connectivity index (χ0) is 18.8. The lowest BCUT2D eigenvalue weighted by Crippen LogP contribution is -2.58. The van der Waals surface area contributed by atoms with Crippen LogP contribution in [-0.2, 0) is 4.79 Å². The molecule has 6 heteroatoms. The van der Waals surface area contributed by atoms with Gasteiger partial charge in [0.05, 0.1) is 12.8 Å². The average Bonchev–Trinajstić information content (AvgIpc) is 2.65. The molecule has 0 aromatic heterocycles. The van der Waals surface area contributed by atoms with Crippen LogP contribution in [0.25, 0.3) is 0 Å². The van der Waals surface area contributed by atoms with Crippen molar-refractivity contribution in [3.05, 3.63) is 59.4 Å². The Hall–Kier alpha value is -2.89. The lowest BCUT2D eigenvalue weighted by Gasteiger charge is -2.39. The second-order valence-electron chi connectivity index (χ2n) is 6.35. The summed E-state index contributed by atoms with van der Waals surface area (Å²) in [5.74, 6) is -0.294. The highest BCUT2D eigenvalue weighted by atomic mass is 19.1. The molecule has 0 unspecified atom stereocenters. The number of amides is 2. The molecule has 0 N–H and O–H groups in total. The van der Waals surface area contributed by atoms with E-state index in [2.05, 4.69) is 0 Å². The van der Waals surface area contributed by atoms with E-state index >= 15 is 0 Å². The highest BCUT2D eigenvalue weighted by molar-refractivity contribution is 6.03. The van der Waals surface area contributed by atoms with E-state index in [4.69, 9.17) is 4.74 Å². The molecule has 1 aliphatic rings. The van der Waals surface area contributed by atoms with E-state index in [-0.39, 0.29) is 24.0 Å². The molecule has 0 spiro atoms. The van der Waals surface area contributed by atoms with Gasteiger partial charge in [0.2, 0.25) is 5.91 Å². The minimum atomic E-state index is -0.668. The van der Waals surface area contributed by atoms with E-state index < -0.39 is 11.9 Å². The van der Waals surface area contributed by atoms with Gasteiger partial charge in [0.25, 0.3) is 5.91 Å². The third-order valence-electron chi connectivity index (χ3n) is 4.65. The summed E-state index contributed by atoms with van der Waals surface area (Å²) in [7, 11) is 1.56. The molecule has 1 atom stereocenters. The highest BCUT2D eigenvalue weighted by Gasteiger charge is 2.36. The van der Waals surface area contributed by atoms with Crippen LogP contribution in [0.2, 0.25) is 0 Å². The number of anilines is 1. The molecule has 0 radical (unpaired) electrons. The lowest BCUT2D eigenvalue weighted by atomic mass is 10.1. The number of nitrogens with zero attached hydrogens (tertiary/aromatic N) is 2. The molecule has 1 saturated heterocycles. The van der Waals surface area contributed by atoms with Gasteiger partial charge >= 0.3 is 0 Å². The second kappa shape index (κ2) is 7.15. The van der Waals surface area contributed by atoms with Crippen molar-refractivity contribution in [2.24, 2.45) is 0 Å². The molecular formula is C20H21FN2O3. The molecular weight excluding hydrogens is 335 g/mol. The fourth-order valence-corrected chi connectivity index (χ4v) is 3.12. The van der Waals surface area contributed by atoms with Crippen molar-refractivity contribution in [3.63, 3.8) is 0 Å². The maximum absolute atomic E-state index is 14.2. The Morgan fingerprint density at radius 3 is 2.50 bits per heavy atom. The van der Waals surface area contributed by atoms with Crippen molar-refractivity contribution in [2.45, 2.75) is 19.9 Å². The molecule has 136 valence electrons. The van der Waals surface area contributed by atoms with E-state index in [0.717, 1.165) is 5.56 Å². The molecule has 3 rings (SSSR count). The predicted molar refractivity (Wildman–Crippen MR) is 97.0 cm³/mol. The summed E-state index contributed by atoms with van der Waals surface area (Å²) in [4.78, 5) is 28.5. The van der Waals surface area contributed by atoms with Crippen LogP contribution in [0.3, 0.4) is 0 Å². The van der Waals surface area contributed by atoms with Gasteiger partial charge in [0, 0.05) is 18.7 Å². The van der Waals surface area contributed by atoms with Gasteiger partial charge in [-0.3, -0.25) is 9.59 Å². The Morgan fingerprint density at radius 1 is 1.15 bits per heavy atom. The summed E-state index contributed by atoms with van der Waals surface area (Å²) < 4.78 is 19.3. The van der Waals surface area contributed by atoms with Gasteiger partial charge in [-0.05, 0) is 55.8 Å². The number of carbonyl (C=O) groups is 2. The summed E-state index contributed by atoms with van der Waals surface area (Å²) in [6.07, 6.45) is 0. The zero-order valence-electron chi connectivity index (χ0n) is 15.0. The fourth-order valence-electron chi connectivity index (χ4n) is 3.12. The Bertz CT molecular complexity index is 835. The van der Waals surface area contributed by atoms with Crippen molar-refractivity contribution < 1.29 is 18.7 Å². The monoisotopic (exact) mass is 356 g/mol. The smallest absolute Gasteiger partial charge is 0.254 e. The molecule has 2 amide bonds.